The van der Waals surface area contributed by atoms with E-state index in [1.165, 1.54) is 12.1 Å². The molecule has 0 radical (unpaired) electrons. The van der Waals surface area contributed by atoms with Crippen molar-refractivity contribution in [1.29, 1.82) is 0 Å². The molecule has 2 rings (SSSR count). The zero-order chi connectivity index (χ0) is 16.4. The van der Waals surface area contributed by atoms with Crippen molar-refractivity contribution < 1.29 is 21.6 Å². The lowest BCUT2D eigenvalue weighted by Gasteiger charge is -2.31. The van der Waals surface area contributed by atoms with Crippen LogP contribution < -0.4 is 10.5 Å². The van der Waals surface area contributed by atoms with Crippen molar-refractivity contribution in [2.45, 2.75) is 42.8 Å². The zero-order valence-electron chi connectivity index (χ0n) is 12.3. The molecule has 1 aliphatic carbocycles. The number of rotatable bonds is 4. The van der Waals surface area contributed by atoms with E-state index in [2.05, 4.69) is 4.72 Å². The van der Waals surface area contributed by atoms with Gasteiger partial charge in [-0.3, -0.25) is 0 Å². The van der Waals surface area contributed by atoms with Crippen molar-refractivity contribution in [2.24, 2.45) is 11.7 Å². The van der Waals surface area contributed by atoms with Gasteiger partial charge < -0.3 is 5.73 Å². The van der Waals surface area contributed by atoms with E-state index in [1.807, 2.05) is 0 Å². The fourth-order valence-electron chi connectivity index (χ4n) is 2.84. The summed E-state index contributed by atoms with van der Waals surface area (Å²) in [4.78, 5) is -0.733. The molecule has 4 nitrogen and oxygen atoms in total. The molecule has 1 aliphatic rings. The van der Waals surface area contributed by atoms with Crippen molar-refractivity contribution in [2.75, 3.05) is 6.54 Å². The molecule has 23 heavy (non-hydrogen) atoms. The van der Waals surface area contributed by atoms with Crippen LogP contribution >= 0.6 is 12.4 Å². The number of hydrogen-bond acceptors (Lipinski definition) is 3. The van der Waals surface area contributed by atoms with E-state index in [-0.39, 0.29) is 18.3 Å². The molecule has 0 bridgehead atoms. The van der Waals surface area contributed by atoms with Gasteiger partial charge in [0.05, 0.1) is 10.5 Å². The van der Waals surface area contributed by atoms with Crippen LogP contribution in [0.25, 0.3) is 0 Å². The first kappa shape index (κ1) is 20.2. The molecule has 0 aromatic heterocycles. The maximum absolute atomic E-state index is 13.0. The highest BCUT2D eigenvalue weighted by molar-refractivity contribution is 7.89. The largest absolute Gasteiger partial charge is 0.417 e. The molecule has 132 valence electrons. The van der Waals surface area contributed by atoms with E-state index in [9.17, 15) is 21.6 Å². The van der Waals surface area contributed by atoms with Crippen molar-refractivity contribution >= 4 is 22.4 Å². The number of nitrogens with two attached hydrogens (primary N) is 1. The first-order valence-corrected chi connectivity index (χ1v) is 8.62. The lowest BCUT2D eigenvalue weighted by molar-refractivity contribution is -0.139. The third-order valence-corrected chi connectivity index (χ3v) is 5.55. The molecule has 1 fully saturated rings. The van der Waals surface area contributed by atoms with Gasteiger partial charge in [0.25, 0.3) is 0 Å². The highest BCUT2D eigenvalue weighted by Gasteiger charge is 2.38. The Labute approximate surface area is 140 Å². The standard InChI is InChI=1S/C14H19F3N2O2S.ClH/c15-14(16,17)11-6-2-4-8-13(11)22(20,21)19-12-7-3-1-5-10(12)9-18;/h2,4,6,8,10,12,19H,1,3,5,7,9,18H2;1H. The Morgan fingerprint density at radius 3 is 2.39 bits per heavy atom. The van der Waals surface area contributed by atoms with Gasteiger partial charge in [0, 0.05) is 6.04 Å². The van der Waals surface area contributed by atoms with Crippen LogP contribution in [0, 0.1) is 5.92 Å². The Hall–Kier alpha value is -0.830. The summed E-state index contributed by atoms with van der Waals surface area (Å²) in [5.74, 6) is -0.0402. The fourth-order valence-corrected chi connectivity index (χ4v) is 4.41. The van der Waals surface area contributed by atoms with E-state index >= 15 is 0 Å². The lowest BCUT2D eigenvalue weighted by Crippen LogP contribution is -2.45. The minimum absolute atomic E-state index is 0. The Kier molecular flexibility index (Phi) is 6.88. The SMILES string of the molecule is Cl.NCC1CCCCC1NS(=O)(=O)c1ccccc1C(F)(F)F. The summed E-state index contributed by atoms with van der Waals surface area (Å²) in [5, 5.41) is 0. The number of sulfonamides is 1. The topological polar surface area (TPSA) is 72.2 Å². The highest BCUT2D eigenvalue weighted by atomic mass is 35.5. The molecule has 0 heterocycles. The molecule has 1 saturated carbocycles. The summed E-state index contributed by atoms with van der Waals surface area (Å²) in [6, 6.07) is 3.79. The van der Waals surface area contributed by atoms with Crippen LogP contribution in [0.15, 0.2) is 29.2 Å². The van der Waals surface area contributed by atoms with E-state index < -0.39 is 32.7 Å². The van der Waals surface area contributed by atoms with Gasteiger partial charge in [-0.25, -0.2) is 13.1 Å². The molecule has 0 amide bonds. The first-order valence-electron chi connectivity index (χ1n) is 7.14. The van der Waals surface area contributed by atoms with E-state index in [0.717, 1.165) is 31.4 Å². The van der Waals surface area contributed by atoms with E-state index in [4.69, 9.17) is 5.73 Å². The van der Waals surface area contributed by atoms with Crippen LogP contribution in [0.4, 0.5) is 13.2 Å². The molecule has 9 heteroatoms. The average Bonchev–Trinajstić information content (AvgIpc) is 2.46. The summed E-state index contributed by atoms with van der Waals surface area (Å²) in [7, 11) is -4.24. The minimum Gasteiger partial charge on any atom is -0.330 e. The van der Waals surface area contributed by atoms with Gasteiger partial charge in [0.15, 0.2) is 0 Å². The second-order valence-electron chi connectivity index (χ2n) is 5.50. The quantitative estimate of drug-likeness (QED) is 0.853. The number of hydrogen-bond donors (Lipinski definition) is 2. The highest BCUT2D eigenvalue weighted by Crippen LogP contribution is 2.34. The Morgan fingerprint density at radius 2 is 1.78 bits per heavy atom. The van der Waals surface area contributed by atoms with Gasteiger partial charge in [0.2, 0.25) is 10.0 Å². The minimum atomic E-state index is -4.72. The van der Waals surface area contributed by atoms with Crippen LogP contribution in [0.1, 0.15) is 31.2 Å². The predicted octanol–water partition coefficient (Wildman–Crippen LogP) is 2.92. The van der Waals surface area contributed by atoms with Crippen molar-refractivity contribution in [3.8, 4) is 0 Å². The van der Waals surface area contributed by atoms with Crippen LogP contribution in [0.3, 0.4) is 0 Å². The number of nitrogens with one attached hydrogen (secondary N) is 1. The lowest BCUT2D eigenvalue weighted by atomic mass is 9.85. The third kappa shape index (κ3) is 4.82. The Morgan fingerprint density at radius 1 is 1.17 bits per heavy atom. The fraction of sp³-hybridized carbons (Fsp3) is 0.571. The average molecular weight is 373 g/mol. The van der Waals surface area contributed by atoms with Crippen LogP contribution in [-0.2, 0) is 16.2 Å². The smallest absolute Gasteiger partial charge is 0.330 e. The first-order chi connectivity index (χ1) is 10.3. The molecule has 0 saturated heterocycles. The van der Waals surface area contributed by atoms with E-state index in [1.54, 1.807) is 0 Å². The monoisotopic (exact) mass is 372 g/mol. The van der Waals surface area contributed by atoms with Gasteiger partial charge in [-0.2, -0.15) is 13.2 Å². The normalized spacial score (nSPS) is 22.4. The Bertz CT molecular complexity index is 623. The van der Waals surface area contributed by atoms with Crippen LogP contribution in [-0.4, -0.2) is 21.0 Å². The molecule has 2 atom stereocenters. The maximum atomic E-state index is 13.0. The molecule has 0 spiro atoms. The number of benzene rings is 1. The molecule has 2 unspecified atom stereocenters. The molecular formula is C14H20ClF3N2O2S. The van der Waals surface area contributed by atoms with Gasteiger partial charge >= 0.3 is 6.18 Å². The van der Waals surface area contributed by atoms with Crippen molar-refractivity contribution in [3.63, 3.8) is 0 Å². The van der Waals surface area contributed by atoms with Gasteiger partial charge in [-0.05, 0) is 37.4 Å². The Balaban J connectivity index is 0.00000264. The van der Waals surface area contributed by atoms with E-state index in [0.29, 0.717) is 13.0 Å². The maximum Gasteiger partial charge on any atom is 0.417 e. The van der Waals surface area contributed by atoms with Gasteiger partial charge in [0.1, 0.15) is 0 Å². The summed E-state index contributed by atoms with van der Waals surface area (Å²) in [6.45, 7) is 0.314. The third-order valence-electron chi connectivity index (χ3n) is 4.00. The second-order valence-corrected chi connectivity index (χ2v) is 7.18. The van der Waals surface area contributed by atoms with Gasteiger partial charge in [-0.1, -0.05) is 25.0 Å². The summed E-state index contributed by atoms with van der Waals surface area (Å²) in [5.41, 5.74) is 4.49. The molecular weight excluding hydrogens is 353 g/mol. The molecule has 3 N–H and O–H groups in total. The zero-order valence-corrected chi connectivity index (χ0v) is 14.0. The summed E-state index contributed by atoms with van der Waals surface area (Å²) >= 11 is 0. The summed E-state index contributed by atoms with van der Waals surface area (Å²) in [6.07, 6.45) is -1.55. The van der Waals surface area contributed by atoms with Crippen molar-refractivity contribution in [3.05, 3.63) is 29.8 Å². The molecule has 1 aromatic carbocycles. The number of halogens is 4. The summed E-state index contributed by atoms with van der Waals surface area (Å²) < 4.78 is 66.1. The van der Waals surface area contributed by atoms with Crippen molar-refractivity contribution in [1.82, 2.24) is 4.72 Å². The van der Waals surface area contributed by atoms with Gasteiger partial charge in [-0.15, -0.1) is 12.4 Å². The molecule has 1 aromatic rings. The van der Waals surface area contributed by atoms with Crippen LogP contribution in [0.2, 0.25) is 0 Å². The number of alkyl halides is 3. The molecule has 0 aliphatic heterocycles. The second kappa shape index (κ2) is 7.83. The van der Waals surface area contributed by atoms with Crippen LogP contribution in [0.5, 0.6) is 0 Å². The predicted molar refractivity (Wildman–Crippen MR) is 83.8 cm³/mol.